The second kappa shape index (κ2) is 9.58. The minimum Gasteiger partial charge on any atom is -0.352 e. The molecule has 1 aromatic carbocycles. The number of aryl methyl sites for hydroxylation is 1. The minimum absolute atomic E-state index is 0.253. The highest BCUT2D eigenvalue weighted by atomic mass is 35.5. The summed E-state index contributed by atoms with van der Waals surface area (Å²) in [5.41, 5.74) is 1.81. The number of hydrogen-bond donors (Lipinski definition) is 1. The first-order chi connectivity index (χ1) is 16.5. The van der Waals surface area contributed by atoms with Crippen molar-refractivity contribution in [3.63, 3.8) is 0 Å². The van der Waals surface area contributed by atoms with Crippen molar-refractivity contribution in [1.29, 1.82) is 0 Å². The molecule has 1 amide bonds. The topological polar surface area (TPSA) is 74.2 Å². The SMILES string of the molecule is Cc1ccnc(Nc2ccc(N3CCN(C(=O)C4(c5ccc(Cl)cc5)CCCC4)CC3)nn2)c1. The van der Waals surface area contributed by atoms with Gasteiger partial charge in [0, 0.05) is 37.4 Å². The molecule has 0 bridgehead atoms. The predicted molar refractivity (Wildman–Crippen MR) is 135 cm³/mol. The molecule has 7 nitrogen and oxygen atoms in total. The average Bonchev–Trinajstić information content (AvgIpc) is 3.36. The number of carbonyl (C=O) groups is 1. The monoisotopic (exact) mass is 476 g/mol. The summed E-state index contributed by atoms with van der Waals surface area (Å²) in [7, 11) is 0. The lowest BCUT2D eigenvalue weighted by Crippen LogP contribution is -2.54. The molecule has 0 atom stereocenters. The molecule has 2 fully saturated rings. The van der Waals surface area contributed by atoms with E-state index in [0.717, 1.165) is 61.5 Å². The Labute approximate surface area is 205 Å². The van der Waals surface area contributed by atoms with Crippen LogP contribution >= 0.6 is 11.6 Å². The number of amides is 1. The molecule has 0 spiro atoms. The number of hydrogen-bond acceptors (Lipinski definition) is 6. The molecular formula is C26H29ClN6O. The van der Waals surface area contributed by atoms with Crippen LogP contribution in [0.1, 0.15) is 36.8 Å². The minimum atomic E-state index is -0.413. The molecule has 1 aliphatic heterocycles. The van der Waals surface area contributed by atoms with Gasteiger partial charge in [-0.3, -0.25) is 4.79 Å². The predicted octanol–water partition coefficient (Wildman–Crippen LogP) is 4.74. The number of rotatable bonds is 5. The van der Waals surface area contributed by atoms with Crippen LogP contribution in [0.3, 0.4) is 0 Å². The smallest absolute Gasteiger partial charge is 0.233 e. The van der Waals surface area contributed by atoms with Crippen molar-refractivity contribution >= 4 is 35.0 Å². The highest BCUT2D eigenvalue weighted by molar-refractivity contribution is 6.30. The van der Waals surface area contributed by atoms with Gasteiger partial charge in [-0.05, 0) is 67.3 Å². The van der Waals surface area contributed by atoms with Crippen LogP contribution in [-0.2, 0) is 10.2 Å². The quantitative estimate of drug-likeness (QED) is 0.573. The lowest BCUT2D eigenvalue weighted by Gasteiger charge is -2.40. The van der Waals surface area contributed by atoms with E-state index < -0.39 is 5.41 Å². The van der Waals surface area contributed by atoms with E-state index in [1.807, 2.05) is 60.4 Å². The fourth-order valence-electron chi connectivity index (χ4n) is 5.11. The van der Waals surface area contributed by atoms with Gasteiger partial charge in [-0.2, -0.15) is 0 Å². The second-order valence-corrected chi connectivity index (χ2v) is 9.63. The van der Waals surface area contributed by atoms with Crippen molar-refractivity contribution in [3.05, 3.63) is 70.9 Å². The highest BCUT2D eigenvalue weighted by Crippen LogP contribution is 2.43. The highest BCUT2D eigenvalue weighted by Gasteiger charge is 2.45. The van der Waals surface area contributed by atoms with Gasteiger partial charge in [0.25, 0.3) is 0 Å². The van der Waals surface area contributed by atoms with Gasteiger partial charge in [0.15, 0.2) is 11.6 Å². The molecule has 3 heterocycles. The van der Waals surface area contributed by atoms with Crippen LogP contribution in [0.2, 0.25) is 5.02 Å². The molecule has 8 heteroatoms. The standard InChI is InChI=1S/C26H29ClN6O/c1-19-10-13-28-23(18-19)29-22-8-9-24(31-30-22)32-14-16-33(17-15-32)25(34)26(11-2-3-12-26)20-4-6-21(27)7-5-20/h4-10,13,18H,2-3,11-12,14-17H2,1H3,(H,28,29,30). The number of aromatic nitrogens is 3. The zero-order valence-corrected chi connectivity index (χ0v) is 20.1. The van der Waals surface area contributed by atoms with Gasteiger partial charge in [-0.1, -0.05) is 36.6 Å². The molecule has 3 aromatic rings. The summed E-state index contributed by atoms with van der Waals surface area (Å²) in [4.78, 5) is 22.2. The van der Waals surface area contributed by atoms with Crippen molar-refractivity contribution in [2.24, 2.45) is 0 Å². The molecule has 176 valence electrons. The number of carbonyl (C=O) groups excluding carboxylic acids is 1. The van der Waals surface area contributed by atoms with Crippen molar-refractivity contribution < 1.29 is 4.79 Å². The Morgan fingerprint density at radius 1 is 0.941 bits per heavy atom. The van der Waals surface area contributed by atoms with E-state index in [2.05, 4.69) is 25.4 Å². The van der Waals surface area contributed by atoms with E-state index in [4.69, 9.17) is 11.6 Å². The fourth-order valence-corrected chi connectivity index (χ4v) is 5.24. The number of nitrogens with one attached hydrogen (secondary N) is 1. The van der Waals surface area contributed by atoms with Gasteiger partial charge in [0.1, 0.15) is 5.82 Å². The van der Waals surface area contributed by atoms with E-state index in [1.165, 1.54) is 0 Å². The number of anilines is 3. The Hall–Kier alpha value is -3.19. The molecule has 2 aromatic heterocycles. The van der Waals surface area contributed by atoms with E-state index >= 15 is 0 Å². The molecule has 0 unspecified atom stereocenters. The van der Waals surface area contributed by atoms with Crippen molar-refractivity contribution in [3.8, 4) is 0 Å². The maximum atomic E-state index is 13.7. The van der Waals surface area contributed by atoms with Gasteiger partial charge in [-0.25, -0.2) is 4.98 Å². The fraction of sp³-hybridized carbons (Fsp3) is 0.385. The summed E-state index contributed by atoms with van der Waals surface area (Å²) in [6, 6.07) is 15.6. The summed E-state index contributed by atoms with van der Waals surface area (Å²) < 4.78 is 0. The summed E-state index contributed by atoms with van der Waals surface area (Å²) in [6.45, 7) is 4.87. The van der Waals surface area contributed by atoms with Crippen LogP contribution in [0.5, 0.6) is 0 Å². The Kier molecular flexibility index (Phi) is 6.37. The van der Waals surface area contributed by atoms with E-state index in [1.54, 1.807) is 6.20 Å². The first kappa shape index (κ1) is 22.6. The summed E-state index contributed by atoms with van der Waals surface area (Å²) in [6.07, 6.45) is 5.75. The molecule has 1 aliphatic carbocycles. The second-order valence-electron chi connectivity index (χ2n) is 9.20. The molecule has 1 N–H and O–H groups in total. The molecule has 5 rings (SSSR count). The first-order valence-electron chi connectivity index (χ1n) is 11.9. The Bertz CT molecular complexity index is 1140. The Balaban J connectivity index is 1.23. The largest absolute Gasteiger partial charge is 0.352 e. The van der Waals surface area contributed by atoms with Crippen LogP contribution < -0.4 is 10.2 Å². The number of benzene rings is 1. The lowest BCUT2D eigenvalue weighted by molar-refractivity contribution is -0.137. The molecular weight excluding hydrogens is 448 g/mol. The number of nitrogens with zero attached hydrogens (tertiary/aromatic N) is 5. The van der Waals surface area contributed by atoms with Gasteiger partial charge in [0.05, 0.1) is 5.41 Å². The maximum absolute atomic E-state index is 13.7. The van der Waals surface area contributed by atoms with Gasteiger partial charge in [0.2, 0.25) is 5.91 Å². The zero-order chi connectivity index (χ0) is 23.5. The summed E-state index contributed by atoms with van der Waals surface area (Å²) in [5, 5.41) is 12.6. The average molecular weight is 477 g/mol. The first-order valence-corrected chi connectivity index (χ1v) is 12.3. The van der Waals surface area contributed by atoms with E-state index in [9.17, 15) is 4.79 Å². The van der Waals surface area contributed by atoms with Crippen LogP contribution in [0, 0.1) is 6.92 Å². The zero-order valence-electron chi connectivity index (χ0n) is 19.4. The molecule has 1 saturated carbocycles. The Morgan fingerprint density at radius 3 is 2.32 bits per heavy atom. The Morgan fingerprint density at radius 2 is 1.68 bits per heavy atom. The van der Waals surface area contributed by atoms with E-state index in [-0.39, 0.29) is 5.91 Å². The third-order valence-corrected chi connectivity index (χ3v) is 7.23. The van der Waals surface area contributed by atoms with Crippen LogP contribution in [0.15, 0.2) is 54.7 Å². The normalized spacial score (nSPS) is 17.6. The molecule has 0 radical (unpaired) electrons. The number of piperazine rings is 1. The molecule has 34 heavy (non-hydrogen) atoms. The summed E-state index contributed by atoms with van der Waals surface area (Å²) in [5.74, 6) is 2.48. The molecule has 2 aliphatic rings. The van der Waals surface area contributed by atoms with Crippen LogP contribution in [0.4, 0.5) is 17.5 Å². The third kappa shape index (κ3) is 4.57. The van der Waals surface area contributed by atoms with Gasteiger partial charge < -0.3 is 15.1 Å². The number of halogens is 1. The molecule has 1 saturated heterocycles. The summed E-state index contributed by atoms with van der Waals surface area (Å²) >= 11 is 6.10. The van der Waals surface area contributed by atoms with E-state index in [0.29, 0.717) is 23.9 Å². The third-order valence-electron chi connectivity index (χ3n) is 6.98. The lowest BCUT2D eigenvalue weighted by atomic mass is 9.77. The number of pyridine rings is 1. The van der Waals surface area contributed by atoms with Crippen LogP contribution in [0.25, 0.3) is 0 Å². The van der Waals surface area contributed by atoms with Crippen molar-refractivity contribution in [2.45, 2.75) is 38.0 Å². The van der Waals surface area contributed by atoms with Crippen LogP contribution in [-0.4, -0.2) is 52.2 Å². The van der Waals surface area contributed by atoms with Gasteiger partial charge >= 0.3 is 0 Å². The maximum Gasteiger partial charge on any atom is 0.233 e. The van der Waals surface area contributed by atoms with Crippen molar-refractivity contribution in [2.75, 3.05) is 36.4 Å². The van der Waals surface area contributed by atoms with Crippen molar-refractivity contribution in [1.82, 2.24) is 20.1 Å². The van der Waals surface area contributed by atoms with Gasteiger partial charge in [-0.15, -0.1) is 10.2 Å².